The van der Waals surface area contributed by atoms with Crippen LogP contribution in [-0.2, 0) is 0 Å². The molecule has 6 heteroatoms. The maximum absolute atomic E-state index is 11.0. The number of hydrogen-bond donors (Lipinski definition) is 1. The van der Waals surface area contributed by atoms with Gasteiger partial charge in [0, 0.05) is 6.20 Å². The van der Waals surface area contributed by atoms with Gasteiger partial charge in [0.05, 0.1) is 5.69 Å². The maximum Gasteiger partial charge on any atom is 0.351 e. The molecule has 0 radical (unpaired) electrons. The van der Waals surface area contributed by atoms with Crippen molar-refractivity contribution in [1.82, 2.24) is 9.97 Å². The first kappa shape index (κ1) is 12.1. The van der Waals surface area contributed by atoms with E-state index in [1.54, 1.807) is 24.4 Å². The molecule has 2 aromatic heterocycles. The lowest BCUT2D eigenvalue weighted by Crippen LogP contribution is -2.00. The van der Waals surface area contributed by atoms with E-state index in [0.29, 0.717) is 10.7 Å². The number of carbonyl (C=O) groups is 1. The molecular weight excluding hydrogens is 252 g/mol. The summed E-state index contributed by atoms with van der Waals surface area (Å²) in [5.74, 6) is 1.20. The van der Waals surface area contributed by atoms with Gasteiger partial charge < -0.3 is 9.84 Å². The fourth-order valence-corrected chi connectivity index (χ4v) is 2.07. The van der Waals surface area contributed by atoms with Crippen LogP contribution in [-0.4, -0.2) is 27.7 Å². The molecular formula is C12H8N2O3S. The Balaban J connectivity index is 2.40. The van der Waals surface area contributed by atoms with Gasteiger partial charge >= 0.3 is 5.97 Å². The molecule has 0 amide bonds. The Hall–Kier alpha value is -2.39. The summed E-state index contributed by atoms with van der Waals surface area (Å²) in [7, 11) is 0. The molecule has 0 aliphatic rings. The number of rotatable bonds is 4. The monoisotopic (exact) mass is 260 g/mol. The van der Waals surface area contributed by atoms with Gasteiger partial charge in [0.2, 0.25) is 5.88 Å². The van der Waals surface area contributed by atoms with E-state index in [9.17, 15) is 4.79 Å². The van der Waals surface area contributed by atoms with Gasteiger partial charge in [0.25, 0.3) is 0 Å². The van der Waals surface area contributed by atoms with Crippen LogP contribution in [0.2, 0.25) is 0 Å². The van der Waals surface area contributed by atoms with Gasteiger partial charge in [-0.3, -0.25) is 4.98 Å². The number of ether oxygens (including phenoxy) is 1. The van der Waals surface area contributed by atoms with Crippen LogP contribution >= 0.6 is 11.3 Å². The third-order valence-corrected chi connectivity index (χ3v) is 3.01. The standard InChI is InChI=1S/C12H8N2O3S/c1-2-7-17-10-9(12(15)16)18-11(14-10)8-5-3-4-6-13-8/h1,3-6H,7H2,(H,15,16). The second-order valence-corrected chi connectivity index (χ2v) is 4.17. The highest BCUT2D eigenvalue weighted by Gasteiger charge is 2.19. The van der Waals surface area contributed by atoms with Crippen LogP contribution in [0.4, 0.5) is 0 Å². The molecule has 0 saturated heterocycles. The van der Waals surface area contributed by atoms with E-state index in [-0.39, 0.29) is 17.4 Å². The van der Waals surface area contributed by atoms with Crippen molar-refractivity contribution in [1.29, 1.82) is 0 Å². The predicted molar refractivity (Wildman–Crippen MR) is 66.6 cm³/mol. The van der Waals surface area contributed by atoms with Crippen molar-refractivity contribution in [3.05, 3.63) is 29.3 Å². The summed E-state index contributed by atoms with van der Waals surface area (Å²) in [6.45, 7) is -0.0222. The number of carboxylic acids is 1. The van der Waals surface area contributed by atoms with Crippen LogP contribution in [0.1, 0.15) is 9.67 Å². The first-order valence-corrected chi connectivity index (χ1v) is 5.76. The lowest BCUT2D eigenvalue weighted by molar-refractivity contribution is 0.0698. The van der Waals surface area contributed by atoms with Gasteiger partial charge in [-0.2, -0.15) is 4.98 Å². The number of carboxylic acid groups (broad SMARTS) is 1. The van der Waals surface area contributed by atoms with Gasteiger partial charge in [0.15, 0.2) is 11.5 Å². The summed E-state index contributed by atoms with van der Waals surface area (Å²) in [5, 5.41) is 9.53. The van der Waals surface area contributed by atoms with Crippen LogP contribution < -0.4 is 4.74 Å². The van der Waals surface area contributed by atoms with Gasteiger partial charge in [-0.1, -0.05) is 12.0 Å². The smallest absolute Gasteiger partial charge is 0.351 e. The second kappa shape index (κ2) is 5.29. The zero-order chi connectivity index (χ0) is 13.0. The number of thiazole rings is 1. The highest BCUT2D eigenvalue weighted by atomic mass is 32.1. The largest absolute Gasteiger partial charge is 0.477 e. The molecule has 0 atom stereocenters. The van der Waals surface area contributed by atoms with Crippen molar-refractivity contribution >= 4 is 17.3 Å². The minimum absolute atomic E-state index is 0.0194. The van der Waals surface area contributed by atoms with Crippen molar-refractivity contribution in [3.8, 4) is 28.9 Å². The number of hydrogen-bond acceptors (Lipinski definition) is 5. The summed E-state index contributed by atoms with van der Waals surface area (Å²) < 4.78 is 5.10. The summed E-state index contributed by atoms with van der Waals surface area (Å²) in [6.07, 6.45) is 6.67. The van der Waals surface area contributed by atoms with Crippen molar-refractivity contribution in [2.24, 2.45) is 0 Å². The van der Waals surface area contributed by atoms with Gasteiger partial charge in [-0.15, -0.1) is 17.8 Å². The predicted octanol–water partition coefficient (Wildman–Crippen LogP) is 1.92. The van der Waals surface area contributed by atoms with E-state index in [0.717, 1.165) is 11.3 Å². The van der Waals surface area contributed by atoms with Crippen LogP contribution in [0.5, 0.6) is 5.88 Å². The topological polar surface area (TPSA) is 72.3 Å². The van der Waals surface area contributed by atoms with E-state index < -0.39 is 5.97 Å². The molecule has 0 aliphatic heterocycles. The summed E-state index contributed by atoms with van der Waals surface area (Å²) in [4.78, 5) is 19.3. The van der Waals surface area contributed by atoms with Crippen LogP contribution in [0.15, 0.2) is 24.4 Å². The molecule has 2 aromatic rings. The highest BCUT2D eigenvalue weighted by molar-refractivity contribution is 7.17. The number of terminal acetylenes is 1. The molecule has 0 unspecified atom stereocenters. The van der Waals surface area contributed by atoms with E-state index in [2.05, 4.69) is 15.9 Å². The molecule has 5 nitrogen and oxygen atoms in total. The average Bonchev–Trinajstić information content (AvgIpc) is 2.81. The lowest BCUT2D eigenvalue weighted by atomic mass is 10.4. The van der Waals surface area contributed by atoms with Gasteiger partial charge in [-0.05, 0) is 12.1 Å². The molecule has 90 valence electrons. The number of pyridine rings is 1. The summed E-state index contributed by atoms with van der Waals surface area (Å²) in [5.41, 5.74) is 0.598. The molecule has 2 rings (SSSR count). The van der Waals surface area contributed by atoms with Crippen molar-refractivity contribution in [3.63, 3.8) is 0 Å². The fourth-order valence-electron chi connectivity index (χ4n) is 1.25. The Bertz CT molecular complexity index is 602. The minimum Gasteiger partial charge on any atom is -0.477 e. The van der Waals surface area contributed by atoms with E-state index in [4.69, 9.17) is 16.3 Å². The Kier molecular flexibility index (Phi) is 3.55. The Morgan fingerprint density at radius 2 is 2.39 bits per heavy atom. The van der Waals surface area contributed by atoms with E-state index >= 15 is 0 Å². The van der Waals surface area contributed by atoms with Crippen LogP contribution in [0.25, 0.3) is 10.7 Å². The minimum atomic E-state index is -1.10. The molecule has 0 aliphatic carbocycles. The molecule has 18 heavy (non-hydrogen) atoms. The second-order valence-electron chi connectivity index (χ2n) is 3.17. The first-order valence-electron chi connectivity index (χ1n) is 4.94. The summed E-state index contributed by atoms with van der Waals surface area (Å²) >= 11 is 1.00. The number of aromatic nitrogens is 2. The fraction of sp³-hybridized carbons (Fsp3) is 0.0833. The SMILES string of the molecule is C#CCOc1nc(-c2ccccn2)sc1C(=O)O. The molecule has 0 fully saturated rings. The zero-order valence-corrected chi connectivity index (χ0v) is 9.98. The van der Waals surface area contributed by atoms with Crippen molar-refractivity contribution in [2.45, 2.75) is 0 Å². The van der Waals surface area contributed by atoms with E-state index in [1.807, 2.05) is 0 Å². The molecule has 0 spiro atoms. The van der Waals surface area contributed by atoms with E-state index in [1.165, 1.54) is 0 Å². The number of nitrogens with zero attached hydrogens (tertiary/aromatic N) is 2. The molecule has 0 saturated carbocycles. The molecule has 2 heterocycles. The average molecular weight is 260 g/mol. The third kappa shape index (κ3) is 2.47. The first-order chi connectivity index (χ1) is 8.72. The highest BCUT2D eigenvalue weighted by Crippen LogP contribution is 2.31. The quantitative estimate of drug-likeness (QED) is 0.850. The Morgan fingerprint density at radius 1 is 1.56 bits per heavy atom. The van der Waals surface area contributed by atoms with Crippen LogP contribution in [0, 0.1) is 12.3 Å². The van der Waals surface area contributed by atoms with Gasteiger partial charge in [-0.25, -0.2) is 4.79 Å². The van der Waals surface area contributed by atoms with Crippen molar-refractivity contribution < 1.29 is 14.6 Å². The third-order valence-electron chi connectivity index (χ3n) is 1.97. The normalized spacial score (nSPS) is 9.72. The summed E-state index contributed by atoms with van der Waals surface area (Å²) in [6, 6.07) is 5.31. The molecule has 0 aromatic carbocycles. The lowest BCUT2D eigenvalue weighted by Gasteiger charge is -1.97. The van der Waals surface area contributed by atoms with Gasteiger partial charge in [0.1, 0.15) is 5.01 Å². The molecule has 1 N–H and O–H groups in total. The maximum atomic E-state index is 11.0. The number of aromatic carboxylic acids is 1. The zero-order valence-electron chi connectivity index (χ0n) is 9.16. The molecule has 0 bridgehead atoms. The van der Waals surface area contributed by atoms with Crippen molar-refractivity contribution in [2.75, 3.05) is 6.61 Å². The van der Waals surface area contributed by atoms with Crippen LogP contribution in [0.3, 0.4) is 0 Å². The Labute approximate surface area is 107 Å². The Morgan fingerprint density at radius 3 is 3.00 bits per heavy atom.